The summed E-state index contributed by atoms with van der Waals surface area (Å²) in [4.78, 5) is 24.6. The number of anilines is 1. The molecular formula is C30H51N3O3. The Morgan fingerprint density at radius 3 is 2.14 bits per heavy atom. The van der Waals surface area contributed by atoms with Gasteiger partial charge in [-0.1, -0.05) is 96.5 Å². The maximum atomic E-state index is 12.4. The van der Waals surface area contributed by atoms with Gasteiger partial charge in [0, 0.05) is 24.4 Å². The predicted octanol–water partition coefficient (Wildman–Crippen LogP) is 6.60. The normalized spacial score (nSPS) is 15.2. The quantitative estimate of drug-likeness (QED) is 0.166. The van der Waals surface area contributed by atoms with Crippen molar-refractivity contribution in [1.29, 1.82) is 0 Å². The van der Waals surface area contributed by atoms with Gasteiger partial charge in [0.1, 0.15) is 0 Å². The van der Waals surface area contributed by atoms with Crippen molar-refractivity contribution < 1.29 is 14.3 Å². The van der Waals surface area contributed by atoms with E-state index in [1.165, 1.54) is 83.5 Å². The van der Waals surface area contributed by atoms with Crippen LogP contribution < -0.4 is 16.0 Å². The third-order valence-corrected chi connectivity index (χ3v) is 6.92. The van der Waals surface area contributed by atoms with E-state index in [2.05, 4.69) is 22.9 Å². The molecule has 1 aromatic rings. The van der Waals surface area contributed by atoms with Gasteiger partial charge in [-0.2, -0.15) is 0 Å². The smallest absolute Gasteiger partial charge is 0.251 e. The second-order valence-electron chi connectivity index (χ2n) is 10.2. The molecule has 1 heterocycles. The number of nitrogens with one attached hydrogen (secondary N) is 3. The second kappa shape index (κ2) is 20.2. The van der Waals surface area contributed by atoms with Gasteiger partial charge in [-0.3, -0.25) is 9.59 Å². The van der Waals surface area contributed by atoms with Gasteiger partial charge >= 0.3 is 0 Å². The minimum Gasteiger partial charge on any atom is -0.376 e. The van der Waals surface area contributed by atoms with Crippen LogP contribution >= 0.6 is 0 Å². The third-order valence-electron chi connectivity index (χ3n) is 6.92. The predicted molar refractivity (Wildman–Crippen MR) is 150 cm³/mol. The summed E-state index contributed by atoms with van der Waals surface area (Å²) >= 11 is 0. The lowest BCUT2D eigenvalue weighted by molar-refractivity contribution is -0.115. The molecule has 1 saturated heterocycles. The topological polar surface area (TPSA) is 79.5 Å². The highest BCUT2D eigenvalue weighted by atomic mass is 16.5. The second-order valence-corrected chi connectivity index (χ2v) is 10.2. The molecule has 1 aromatic carbocycles. The summed E-state index contributed by atoms with van der Waals surface area (Å²) < 4.78 is 5.54. The Bertz CT molecular complexity index is 719. The Balaban J connectivity index is 1.42. The maximum Gasteiger partial charge on any atom is 0.251 e. The molecule has 1 unspecified atom stereocenters. The van der Waals surface area contributed by atoms with E-state index >= 15 is 0 Å². The lowest BCUT2D eigenvalue weighted by Gasteiger charge is -2.12. The van der Waals surface area contributed by atoms with Crippen molar-refractivity contribution in [2.45, 2.75) is 116 Å². The van der Waals surface area contributed by atoms with Gasteiger partial charge in [0.25, 0.3) is 5.91 Å². The molecule has 2 amide bonds. The van der Waals surface area contributed by atoms with Crippen molar-refractivity contribution in [2.75, 3.05) is 31.6 Å². The van der Waals surface area contributed by atoms with E-state index in [1.807, 2.05) is 6.07 Å². The number of hydrogen-bond donors (Lipinski definition) is 3. The van der Waals surface area contributed by atoms with E-state index in [0.717, 1.165) is 32.4 Å². The number of ether oxygens (including phenoxy) is 1. The van der Waals surface area contributed by atoms with Crippen molar-refractivity contribution in [3.63, 3.8) is 0 Å². The minimum absolute atomic E-state index is 0.0859. The number of carbonyl (C=O) groups is 2. The summed E-state index contributed by atoms with van der Waals surface area (Å²) in [5.74, 6) is -0.227. The van der Waals surface area contributed by atoms with E-state index in [4.69, 9.17) is 4.74 Å². The monoisotopic (exact) mass is 501 g/mol. The molecule has 204 valence electrons. The summed E-state index contributed by atoms with van der Waals surface area (Å²) in [5, 5.41) is 9.03. The van der Waals surface area contributed by atoms with Crippen LogP contribution in [-0.2, 0) is 9.53 Å². The average Bonchev–Trinajstić information content (AvgIpc) is 3.41. The van der Waals surface area contributed by atoms with Crippen LogP contribution in [0.25, 0.3) is 0 Å². The van der Waals surface area contributed by atoms with Crippen LogP contribution in [0.4, 0.5) is 5.69 Å². The molecule has 2 rings (SSSR count). The number of carbonyl (C=O) groups excluding carboxylic acids is 2. The molecule has 1 aliphatic heterocycles. The SMILES string of the molecule is CCCCCCCCCCCCCCCCNCC(=O)Nc1cccc(C(=O)NCC2CCCO2)c1. The Kier molecular flexibility index (Phi) is 17.0. The fraction of sp³-hybridized carbons (Fsp3) is 0.733. The molecular weight excluding hydrogens is 450 g/mol. The lowest BCUT2D eigenvalue weighted by Crippen LogP contribution is -2.32. The number of benzene rings is 1. The van der Waals surface area contributed by atoms with Crippen LogP contribution in [0.1, 0.15) is 120 Å². The van der Waals surface area contributed by atoms with Crippen LogP contribution in [0.2, 0.25) is 0 Å². The first-order chi connectivity index (χ1) is 17.7. The molecule has 0 radical (unpaired) electrons. The van der Waals surface area contributed by atoms with E-state index in [9.17, 15) is 9.59 Å². The van der Waals surface area contributed by atoms with E-state index in [-0.39, 0.29) is 24.5 Å². The zero-order valence-electron chi connectivity index (χ0n) is 22.8. The van der Waals surface area contributed by atoms with E-state index in [0.29, 0.717) is 17.8 Å². The molecule has 0 spiro atoms. The molecule has 6 nitrogen and oxygen atoms in total. The molecule has 0 bridgehead atoms. The van der Waals surface area contributed by atoms with E-state index in [1.54, 1.807) is 18.2 Å². The number of rotatable bonds is 21. The van der Waals surface area contributed by atoms with E-state index < -0.39 is 0 Å². The molecule has 0 saturated carbocycles. The number of hydrogen-bond acceptors (Lipinski definition) is 4. The lowest BCUT2D eigenvalue weighted by atomic mass is 10.0. The molecule has 1 atom stereocenters. The summed E-state index contributed by atoms with van der Waals surface area (Å²) in [6.45, 7) is 4.72. The highest BCUT2D eigenvalue weighted by Crippen LogP contribution is 2.14. The minimum atomic E-state index is -0.141. The highest BCUT2D eigenvalue weighted by Gasteiger charge is 2.16. The molecule has 3 N–H and O–H groups in total. The number of unbranched alkanes of at least 4 members (excludes halogenated alkanes) is 13. The van der Waals surface area contributed by atoms with Crippen LogP contribution in [0, 0.1) is 0 Å². The van der Waals surface area contributed by atoms with Crippen molar-refractivity contribution in [3.05, 3.63) is 29.8 Å². The Labute approximate surface area is 219 Å². The first kappa shape index (κ1) is 30.3. The largest absolute Gasteiger partial charge is 0.376 e. The van der Waals surface area contributed by atoms with Crippen molar-refractivity contribution in [1.82, 2.24) is 10.6 Å². The fourth-order valence-electron chi connectivity index (χ4n) is 4.70. The van der Waals surface area contributed by atoms with Crippen molar-refractivity contribution >= 4 is 17.5 Å². The van der Waals surface area contributed by atoms with Crippen LogP contribution in [0.3, 0.4) is 0 Å². The summed E-state index contributed by atoms with van der Waals surface area (Å²) in [6, 6.07) is 7.08. The van der Waals surface area contributed by atoms with Gasteiger partial charge in [0.2, 0.25) is 5.91 Å². The summed E-state index contributed by atoms with van der Waals surface area (Å²) in [7, 11) is 0. The van der Waals surface area contributed by atoms with Crippen LogP contribution in [-0.4, -0.2) is 44.2 Å². The summed E-state index contributed by atoms with van der Waals surface area (Å²) in [6.07, 6.45) is 21.0. The Hall–Kier alpha value is -1.92. The molecule has 1 fully saturated rings. The first-order valence-corrected chi connectivity index (χ1v) is 14.7. The van der Waals surface area contributed by atoms with Crippen molar-refractivity contribution in [2.24, 2.45) is 0 Å². The van der Waals surface area contributed by atoms with Gasteiger partial charge in [-0.25, -0.2) is 0 Å². The van der Waals surface area contributed by atoms with Gasteiger partial charge in [0.15, 0.2) is 0 Å². The average molecular weight is 502 g/mol. The van der Waals surface area contributed by atoms with Gasteiger partial charge in [-0.05, 0) is 44.0 Å². The Morgan fingerprint density at radius 1 is 0.889 bits per heavy atom. The Morgan fingerprint density at radius 2 is 1.53 bits per heavy atom. The maximum absolute atomic E-state index is 12.4. The molecule has 0 aliphatic carbocycles. The van der Waals surface area contributed by atoms with Gasteiger partial charge in [-0.15, -0.1) is 0 Å². The molecule has 0 aromatic heterocycles. The zero-order valence-corrected chi connectivity index (χ0v) is 22.8. The fourth-order valence-corrected chi connectivity index (χ4v) is 4.70. The highest BCUT2D eigenvalue weighted by molar-refractivity contribution is 5.97. The van der Waals surface area contributed by atoms with Crippen LogP contribution in [0.5, 0.6) is 0 Å². The van der Waals surface area contributed by atoms with Gasteiger partial charge in [0.05, 0.1) is 12.6 Å². The summed E-state index contributed by atoms with van der Waals surface area (Å²) in [5.41, 5.74) is 1.18. The van der Waals surface area contributed by atoms with Gasteiger partial charge < -0.3 is 20.7 Å². The molecule has 1 aliphatic rings. The van der Waals surface area contributed by atoms with Crippen molar-refractivity contribution in [3.8, 4) is 0 Å². The standard InChI is InChI=1S/C30H51N3O3/c1-2-3-4-5-6-7-8-9-10-11-12-13-14-15-21-31-25-29(34)33-27-19-16-18-26(23-27)30(35)32-24-28-20-17-22-36-28/h16,18-19,23,28,31H,2-15,17,20-22,24-25H2,1H3,(H,32,35)(H,33,34). The van der Waals surface area contributed by atoms with Crippen LogP contribution in [0.15, 0.2) is 24.3 Å². The zero-order chi connectivity index (χ0) is 25.7. The molecule has 36 heavy (non-hydrogen) atoms. The molecule has 6 heteroatoms. The third kappa shape index (κ3) is 14.6. The first-order valence-electron chi connectivity index (χ1n) is 14.7. The number of amides is 2.